The third-order valence-corrected chi connectivity index (χ3v) is 10.7. The normalized spacial score (nSPS) is 21.2. The fourth-order valence-electron chi connectivity index (χ4n) is 3.00. The van der Waals surface area contributed by atoms with Crippen LogP contribution in [0.25, 0.3) is 0 Å². The first-order valence-electron chi connectivity index (χ1n) is 9.38. The number of halogens is 9. The van der Waals surface area contributed by atoms with Crippen LogP contribution in [0.15, 0.2) is 0 Å². The van der Waals surface area contributed by atoms with E-state index in [9.17, 15) is 52.7 Å². The van der Waals surface area contributed by atoms with Gasteiger partial charge in [-0.3, -0.25) is 4.79 Å². The Bertz CT molecular complexity index is 798. The summed E-state index contributed by atoms with van der Waals surface area (Å²) in [5.74, 6) is -16.2. The van der Waals surface area contributed by atoms with Crippen molar-refractivity contribution in [2.24, 2.45) is 5.41 Å². The molecule has 0 spiro atoms. The van der Waals surface area contributed by atoms with Crippen LogP contribution >= 0.6 is 10.3 Å². The molecule has 0 radical (unpaired) electrons. The Hall–Kier alpha value is -0.700. The van der Waals surface area contributed by atoms with Gasteiger partial charge >= 0.3 is 33.4 Å². The van der Waals surface area contributed by atoms with Gasteiger partial charge in [0.1, 0.15) is 5.78 Å². The molecule has 1 rings (SSSR count). The summed E-state index contributed by atoms with van der Waals surface area (Å²) in [6.07, 6.45) is -4.23. The van der Waals surface area contributed by atoms with Crippen molar-refractivity contribution in [1.29, 1.82) is 0 Å². The molecule has 32 heavy (non-hydrogen) atoms. The van der Waals surface area contributed by atoms with E-state index in [0.29, 0.717) is 19.3 Å². The minimum Gasteiger partial charge on any atom is -0.298 e. The van der Waals surface area contributed by atoms with E-state index in [1.165, 1.54) is 20.8 Å². The Kier molecular flexibility index (Phi) is 8.09. The molecule has 0 saturated heterocycles. The van der Waals surface area contributed by atoms with E-state index in [2.05, 4.69) is 3.63 Å². The largest absolute Gasteiger partial charge is 0.460 e. The highest BCUT2D eigenvalue weighted by Crippen LogP contribution is 2.61. The van der Waals surface area contributed by atoms with Crippen LogP contribution in [0.1, 0.15) is 52.9 Å². The maximum Gasteiger partial charge on any atom is 0.460 e. The van der Waals surface area contributed by atoms with E-state index in [4.69, 9.17) is 0 Å². The second-order valence-electron chi connectivity index (χ2n) is 8.83. The first kappa shape index (κ1) is 29.3. The molecule has 0 aromatic carbocycles. The fraction of sp³-hybridized carbons (Fsp3) is 0.941. The number of ketones is 1. The molecule has 192 valence electrons. The molecule has 1 unspecified atom stereocenters. The first-order chi connectivity index (χ1) is 13.9. The third-order valence-electron chi connectivity index (χ3n) is 5.19. The molecule has 0 aromatic rings. The van der Waals surface area contributed by atoms with E-state index in [-0.39, 0.29) is 12.8 Å². The second-order valence-corrected chi connectivity index (χ2v) is 13.9. The van der Waals surface area contributed by atoms with Gasteiger partial charge in [0.05, 0.1) is 5.75 Å². The van der Waals surface area contributed by atoms with Crippen LogP contribution in [0.4, 0.5) is 39.5 Å². The number of rotatable bonds is 8. The van der Waals surface area contributed by atoms with Crippen molar-refractivity contribution < 1.29 is 56.4 Å². The molecular formula is C17H25F9O4S2. The predicted molar refractivity (Wildman–Crippen MR) is 101 cm³/mol. The summed E-state index contributed by atoms with van der Waals surface area (Å²) in [4.78, 5) is 12.5. The quantitative estimate of drug-likeness (QED) is 0.360. The predicted octanol–water partition coefficient (Wildman–Crippen LogP) is 6.06. The maximum atomic E-state index is 14.2. The molecule has 1 aliphatic rings. The molecule has 4 nitrogen and oxygen atoms in total. The summed E-state index contributed by atoms with van der Waals surface area (Å²) in [7, 11) is -10.5. The van der Waals surface area contributed by atoms with Crippen LogP contribution in [0, 0.1) is 5.41 Å². The van der Waals surface area contributed by atoms with Crippen molar-refractivity contribution in [3.8, 4) is 0 Å². The summed E-state index contributed by atoms with van der Waals surface area (Å²) in [6.45, 7) is 4.24. The van der Waals surface area contributed by atoms with E-state index in [0.717, 1.165) is 6.26 Å². The Labute approximate surface area is 181 Å². The van der Waals surface area contributed by atoms with Gasteiger partial charge in [-0.2, -0.15) is 47.9 Å². The average molecular weight is 528 g/mol. The molecule has 1 aliphatic carbocycles. The molecule has 0 aliphatic heterocycles. The van der Waals surface area contributed by atoms with Crippen LogP contribution in [-0.2, 0) is 18.5 Å². The maximum absolute atomic E-state index is 14.2. The fourth-order valence-corrected chi connectivity index (χ4v) is 8.58. The number of hydrogen-bond acceptors (Lipinski definition) is 4. The van der Waals surface area contributed by atoms with Gasteiger partial charge in [-0.05, 0) is 19.1 Å². The van der Waals surface area contributed by atoms with Crippen LogP contribution in [0.5, 0.6) is 0 Å². The van der Waals surface area contributed by atoms with Crippen molar-refractivity contribution in [3.63, 3.8) is 0 Å². The first-order valence-corrected chi connectivity index (χ1v) is 13.0. The molecular weight excluding hydrogens is 503 g/mol. The monoisotopic (exact) mass is 528 g/mol. The minimum atomic E-state index is -7.38. The van der Waals surface area contributed by atoms with E-state index < -0.39 is 65.9 Å². The average Bonchev–Trinajstić information content (AvgIpc) is 2.59. The van der Waals surface area contributed by atoms with Crippen LogP contribution in [-0.4, -0.2) is 54.7 Å². The lowest BCUT2D eigenvalue weighted by atomic mass is 9.92. The molecule has 0 heterocycles. The number of carbonyl (C=O) groups is 1. The summed E-state index contributed by atoms with van der Waals surface area (Å²) in [5, 5.41) is -7.78. The topological polar surface area (TPSA) is 60.4 Å². The molecule has 0 bridgehead atoms. The molecule has 0 N–H and O–H groups in total. The minimum absolute atomic E-state index is 0.180. The summed E-state index contributed by atoms with van der Waals surface area (Å²) in [5.41, 5.74) is -1.12. The number of carbonyl (C=O) groups excluding carboxylic acids is 1. The summed E-state index contributed by atoms with van der Waals surface area (Å²) < 4.78 is 148. The Balaban J connectivity index is 3.48. The van der Waals surface area contributed by atoms with Crippen molar-refractivity contribution in [2.75, 3.05) is 12.0 Å². The standard InChI is InChI=1S/C17H25F9O4S2/c1-13(2,3)12(27)10-31(4,11-8-6-5-7-9-11)30-32(28,29)17(25,26)15(20,21)14(18,19)16(22,23)24/h11H,5-10H2,1-4H3. The van der Waals surface area contributed by atoms with Crippen molar-refractivity contribution in [1.82, 2.24) is 0 Å². The molecule has 0 amide bonds. The molecule has 1 atom stereocenters. The molecule has 1 saturated carbocycles. The SMILES string of the molecule is CC(C)(C)C(=O)CS(C)(OS(=O)(=O)C(F)(F)C(F)(F)C(F)(F)C(F)(F)F)C1CCCCC1. The van der Waals surface area contributed by atoms with Crippen molar-refractivity contribution in [2.45, 2.75) is 81.4 Å². The Morgan fingerprint density at radius 3 is 1.66 bits per heavy atom. The molecule has 1 fully saturated rings. The van der Waals surface area contributed by atoms with Gasteiger partial charge in [0.2, 0.25) is 0 Å². The number of alkyl halides is 9. The third kappa shape index (κ3) is 5.34. The van der Waals surface area contributed by atoms with Gasteiger partial charge in [-0.15, -0.1) is 10.3 Å². The van der Waals surface area contributed by atoms with Gasteiger partial charge in [-0.25, -0.2) is 3.63 Å². The van der Waals surface area contributed by atoms with E-state index in [1.54, 1.807) is 0 Å². The lowest BCUT2D eigenvalue weighted by Crippen LogP contribution is -2.63. The zero-order valence-electron chi connectivity index (χ0n) is 17.7. The van der Waals surface area contributed by atoms with Crippen LogP contribution < -0.4 is 0 Å². The highest BCUT2D eigenvalue weighted by Gasteiger charge is 2.86. The summed E-state index contributed by atoms with van der Waals surface area (Å²) >= 11 is 0. The van der Waals surface area contributed by atoms with Crippen molar-refractivity contribution in [3.05, 3.63) is 0 Å². The highest BCUT2D eigenvalue weighted by molar-refractivity contribution is 8.33. The smallest absolute Gasteiger partial charge is 0.298 e. The Morgan fingerprint density at radius 2 is 1.28 bits per heavy atom. The van der Waals surface area contributed by atoms with Gasteiger partial charge < -0.3 is 0 Å². The highest BCUT2D eigenvalue weighted by atomic mass is 32.3. The van der Waals surface area contributed by atoms with Crippen LogP contribution in [0.3, 0.4) is 0 Å². The Morgan fingerprint density at radius 1 is 0.844 bits per heavy atom. The summed E-state index contributed by atoms with van der Waals surface area (Å²) in [6, 6.07) is 0. The lowest BCUT2D eigenvalue weighted by Gasteiger charge is -2.45. The van der Waals surface area contributed by atoms with Gasteiger partial charge in [0, 0.05) is 10.7 Å². The zero-order valence-corrected chi connectivity index (χ0v) is 19.3. The number of Topliss-reactive ketones (excluding diaryl/α,β-unsaturated/α-hetero) is 1. The van der Waals surface area contributed by atoms with E-state index >= 15 is 0 Å². The lowest BCUT2D eigenvalue weighted by molar-refractivity contribution is -0.382. The van der Waals surface area contributed by atoms with Crippen LogP contribution in [0.2, 0.25) is 0 Å². The second kappa shape index (κ2) is 8.82. The van der Waals surface area contributed by atoms with Gasteiger partial charge in [0.25, 0.3) is 0 Å². The number of hydrogen-bond donors (Lipinski definition) is 0. The van der Waals surface area contributed by atoms with Gasteiger partial charge in [-0.1, -0.05) is 40.0 Å². The van der Waals surface area contributed by atoms with E-state index in [1.807, 2.05) is 0 Å². The van der Waals surface area contributed by atoms with Crippen molar-refractivity contribution >= 4 is 26.2 Å². The molecule has 15 heteroatoms. The zero-order chi connectivity index (χ0) is 25.6. The molecule has 0 aromatic heterocycles. The van der Waals surface area contributed by atoms with Gasteiger partial charge in [0.15, 0.2) is 0 Å².